The Labute approximate surface area is 157 Å². The lowest BCUT2D eigenvalue weighted by atomic mass is 9.89. The van der Waals surface area contributed by atoms with Gasteiger partial charge in [0, 0.05) is 23.9 Å². The minimum atomic E-state index is 0.156. The molecule has 5 aliphatic carbocycles. The van der Waals surface area contributed by atoms with E-state index >= 15 is 0 Å². The standard InChI is InChI=1S/C22H34N2O2/c25-21(19-13-7-1-2-8-14(13)19)23-17-11-5-6-12-18(17)24-22(26)20-15-9-3-4-10-16(15)20/h13-20H,1-12H2,(H,23,25)(H,24,26)/t13-,14-,15-,16+,17-,18+,20?/m1/s1. The molecular formula is C22H34N2O2. The van der Waals surface area contributed by atoms with Crippen molar-refractivity contribution < 1.29 is 9.59 Å². The van der Waals surface area contributed by atoms with Crippen LogP contribution in [0.4, 0.5) is 0 Å². The molecule has 0 aromatic rings. The monoisotopic (exact) mass is 358 g/mol. The van der Waals surface area contributed by atoms with Crippen LogP contribution in [0.25, 0.3) is 0 Å². The predicted octanol–water partition coefficient (Wildman–Crippen LogP) is 3.40. The first-order chi connectivity index (χ1) is 12.7. The van der Waals surface area contributed by atoms with Crippen LogP contribution in [0.3, 0.4) is 0 Å². The lowest BCUT2D eigenvalue weighted by molar-refractivity contribution is -0.126. The summed E-state index contributed by atoms with van der Waals surface area (Å²) in [6, 6.07) is 0.312. The second-order valence-electron chi connectivity index (χ2n) is 9.79. The molecule has 0 aromatic carbocycles. The van der Waals surface area contributed by atoms with Crippen molar-refractivity contribution >= 4 is 11.8 Å². The summed E-state index contributed by atoms with van der Waals surface area (Å²) in [6.45, 7) is 0. The van der Waals surface area contributed by atoms with Crippen molar-refractivity contribution in [2.24, 2.45) is 35.5 Å². The van der Waals surface area contributed by atoms with Crippen molar-refractivity contribution in [1.29, 1.82) is 0 Å². The highest BCUT2D eigenvalue weighted by Gasteiger charge is 2.56. The summed E-state index contributed by atoms with van der Waals surface area (Å²) in [5.74, 6) is 3.78. The molecule has 4 heteroatoms. The molecule has 0 aliphatic heterocycles. The van der Waals surface area contributed by atoms with E-state index in [1.54, 1.807) is 0 Å². The van der Waals surface area contributed by atoms with Crippen molar-refractivity contribution in [2.45, 2.75) is 89.1 Å². The Hall–Kier alpha value is -1.06. The van der Waals surface area contributed by atoms with Crippen molar-refractivity contribution in [3.63, 3.8) is 0 Å². The molecule has 0 radical (unpaired) electrons. The summed E-state index contributed by atoms with van der Waals surface area (Å²) in [6.07, 6.45) is 14.6. The minimum Gasteiger partial charge on any atom is -0.351 e. The van der Waals surface area contributed by atoms with Crippen LogP contribution >= 0.6 is 0 Å². The quantitative estimate of drug-likeness (QED) is 0.809. The van der Waals surface area contributed by atoms with E-state index in [9.17, 15) is 9.59 Å². The topological polar surface area (TPSA) is 58.2 Å². The molecule has 2 N–H and O–H groups in total. The van der Waals surface area contributed by atoms with Gasteiger partial charge in [0.15, 0.2) is 0 Å². The highest BCUT2D eigenvalue weighted by molar-refractivity contribution is 5.84. The van der Waals surface area contributed by atoms with Crippen LogP contribution in [0.2, 0.25) is 0 Å². The molecule has 0 aromatic heterocycles. The Morgan fingerprint density at radius 2 is 0.808 bits per heavy atom. The Morgan fingerprint density at radius 3 is 1.15 bits per heavy atom. The number of hydrogen-bond donors (Lipinski definition) is 2. The number of amides is 2. The zero-order valence-electron chi connectivity index (χ0n) is 15.9. The van der Waals surface area contributed by atoms with Gasteiger partial charge < -0.3 is 10.6 Å². The molecule has 1 unspecified atom stereocenters. The lowest BCUT2D eigenvalue weighted by Crippen LogP contribution is -2.54. The van der Waals surface area contributed by atoms with Gasteiger partial charge in [-0.15, -0.1) is 0 Å². The van der Waals surface area contributed by atoms with Gasteiger partial charge in [0.2, 0.25) is 11.8 Å². The Morgan fingerprint density at radius 1 is 0.500 bits per heavy atom. The Kier molecular flexibility index (Phi) is 4.48. The van der Waals surface area contributed by atoms with Crippen LogP contribution in [0.5, 0.6) is 0 Å². The second-order valence-corrected chi connectivity index (χ2v) is 9.79. The summed E-state index contributed by atoms with van der Waals surface area (Å²) in [4.78, 5) is 25.6. The molecule has 0 spiro atoms. The normalized spacial score (nSPS) is 46.5. The largest absolute Gasteiger partial charge is 0.351 e. The molecule has 5 aliphatic rings. The fourth-order valence-corrected chi connectivity index (χ4v) is 6.80. The smallest absolute Gasteiger partial charge is 0.223 e. The van der Waals surface area contributed by atoms with E-state index < -0.39 is 0 Å². The molecule has 0 bridgehead atoms. The van der Waals surface area contributed by atoms with Gasteiger partial charge in [0.05, 0.1) is 0 Å². The average Bonchev–Trinajstić information content (AvgIpc) is 3.55. The zero-order valence-corrected chi connectivity index (χ0v) is 15.9. The van der Waals surface area contributed by atoms with Crippen LogP contribution in [0.1, 0.15) is 77.0 Å². The van der Waals surface area contributed by atoms with Crippen LogP contribution < -0.4 is 10.6 Å². The fourth-order valence-electron chi connectivity index (χ4n) is 6.80. The summed E-state index contributed by atoms with van der Waals surface area (Å²) < 4.78 is 0. The molecule has 0 heterocycles. The van der Waals surface area contributed by atoms with Crippen LogP contribution in [-0.4, -0.2) is 23.9 Å². The molecule has 4 nitrogen and oxygen atoms in total. The third-order valence-corrected chi connectivity index (χ3v) is 8.34. The van der Waals surface area contributed by atoms with Gasteiger partial charge in [-0.05, 0) is 62.2 Å². The van der Waals surface area contributed by atoms with Gasteiger partial charge in [-0.3, -0.25) is 9.59 Å². The molecule has 5 rings (SSSR count). The van der Waals surface area contributed by atoms with Crippen molar-refractivity contribution in [3.8, 4) is 0 Å². The van der Waals surface area contributed by atoms with Crippen LogP contribution in [0.15, 0.2) is 0 Å². The van der Waals surface area contributed by atoms with E-state index in [0.717, 1.165) is 12.8 Å². The molecule has 5 fully saturated rings. The highest BCUT2D eigenvalue weighted by Crippen LogP contribution is 2.56. The number of carbonyl (C=O) groups is 2. The molecule has 5 saturated carbocycles. The van der Waals surface area contributed by atoms with Gasteiger partial charge in [0.1, 0.15) is 0 Å². The molecule has 144 valence electrons. The van der Waals surface area contributed by atoms with E-state index in [-0.39, 0.29) is 35.7 Å². The van der Waals surface area contributed by atoms with Gasteiger partial charge in [-0.1, -0.05) is 38.5 Å². The number of hydrogen-bond acceptors (Lipinski definition) is 2. The first-order valence-electron chi connectivity index (χ1n) is 11.3. The van der Waals surface area contributed by atoms with Gasteiger partial charge in [-0.25, -0.2) is 0 Å². The fraction of sp³-hybridized carbons (Fsp3) is 0.909. The third-order valence-electron chi connectivity index (χ3n) is 8.34. The summed E-state index contributed by atoms with van der Waals surface area (Å²) in [7, 11) is 0. The van der Waals surface area contributed by atoms with E-state index in [1.807, 2.05) is 0 Å². The highest BCUT2D eigenvalue weighted by atomic mass is 16.2. The number of carbonyl (C=O) groups excluding carboxylic acids is 2. The maximum Gasteiger partial charge on any atom is 0.223 e. The zero-order chi connectivity index (χ0) is 17.7. The molecular weight excluding hydrogens is 324 g/mol. The van der Waals surface area contributed by atoms with Crippen molar-refractivity contribution in [1.82, 2.24) is 10.6 Å². The molecule has 2 amide bonds. The van der Waals surface area contributed by atoms with Gasteiger partial charge >= 0.3 is 0 Å². The molecule has 0 saturated heterocycles. The number of fused-ring (bicyclic) bond motifs is 2. The SMILES string of the molecule is O=C(N[C@H]1CCCC[C@H]1NC(=O)C1[C@@H]2CCCC[C@@H]12)C1[C@H]2CCCC[C@@H]12. The number of rotatable bonds is 4. The van der Waals surface area contributed by atoms with Crippen LogP contribution in [-0.2, 0) is 9.59 Å². The average molecular weight is 359 g/mol. The van der Waals surface area contributed by atoms with Crippen molar-refractivity contribution in [3.05, 3.63) is 0 Å². The van der Waals surface area contributed by atoms with Crippen LogP contribution in [0, 0.1) is 35.5 Å². The number of nitrogens with one attached hydrogen (secondary N) is 2. The first-order valence-corrected chi connectivity index (χ1v) is 11.3. The lowest BCUT2D eigenvalue weighted by Gasteiger charge is -2.33. The van der Waals surface area contributed by atoms with Crippen molar-refractivity contribution in [2.75, 3.05) is 0 Å². The second kappa shape index (κ2) is 6.83. The summed E-state index contributed by atoms with van der Waals surface area (Å²) in [5.41, 5.74) is 0. The third kappa shape index (κ3) is 3.07. The van der Waals surface area contributed by atoms with E-state index in [1.165, 1.54) is 64.2 Å². The maximum absolute atomic E-state index is 12.8. The summed E-state index contributed by atoms with van der Waals surface area (Å²) in [5, 5.41) is 6.72. The molecule has 26 heavy (non-hydrogen) atoms. The van der Waals surface area contributed by atoms with E-state index in [4.69, 9.17) is 0 Å². The Bertz CT molecular complexity index is 502. The maximum atomic E-state index is 12.8. The van der Waals surface area contributed by atoms with E-state index in [2.05, 4.69) is 10.6 Å². The van der Waals surface area contributed by atoms with E-state index in [0.29, 0.717) is 23.7 Å². The first kappa shape index (κ1) is 17.1. The molecule has 7 atom stereocenters. The summed E-state index contributed by atoms with van der Waals surface area (Å²) >= 11 is 0. The van der Waals surface area contributed by atoms with Gasteiger partial charge in [-0.2, -0.15) is 0 Å². The minimum absolute atomic E-state index is 0.156. The predicted molar refractivity (Wildman–Crippen MR) is 100 cm³/mol. The van der Waals surface area contributed by atoms with Gasteiger partial charge in [0.25, 0.3) is 0 Å². The Balaban J connectivity index is 1.17.